The summed E-state index contributed by atoms with van der Waals surface area (Å²) in [5.74, 6) is -1.66. The average Bonchev–Trinajstić information content (AvgIpc) is 2.28. The summed E-state index contributed by atoms with van der Waals surface area (Å²) in [5, 5.41) is 19.3. The molecule has 1 rings (SSSR count). The fourth-order valence-electron chi connectivity index (χ4n) is 2.29. The predicted octanol–water partition coefficient (Wildman–Crippen LogP) is 1.81. The maximum atomic E-state index is 11.1. The Morgan fingerprint density at radius 2 is 2.14 bits per heavy atom. The van der Waals surface area contributed by atoms with Gasteiger partial charge in [0.05, 0.1) is 11.5 Å². The van der Waals surface area contributed by atoms with Crippen LogP contribution in [0.2, 0.25) is 0 Å². The zero-order chi connectivity index (χ0) is 10.9. The lowest BCUT2D eigenvalue weighted by Gasteiger charge is -2.30. The van der Waals surface area contributed by atoms with Gasteiger partial charge in [-0.15, -0.1) is 0 Å². The minimum Gasteiger partial charge on any atom is -0.481 e. The minimum atomic E-state index is -1.13. The molecule has 3 heteroatoms. The summed E-state index contributed by atoms with van der Waals surface area (Å²) in [7, 11) is 0. The highest BCUT2D eigenvalue weighted by atomic mass is 16.4. The number of aliphatic hydroxyl groups is 1. The second kappa shape index (κ2) is 3.73. The molecule has 0 bridgehead atoms. The molecule has 0 aromatic rings. The molecule has 3 nitrogen and oxygen atoms in total. The summed E-state index contributed by atoms with van der Waals surface area (Å²) in [6.45, 7) is 5.59. The summed E-state index contributed by atoms with van der Waals surface area (Å²) in [4.78, 5) is 11.1. The monoisotopic (exact) mass is 198 g/mol. The van der Waals surface area contributed by atoms with Crippen molar-refractivity contribution >= 4 is 5.97 Å². The number of hydrogen-bond donors (Lipinski definition) is 2. The molecular weight excluding hydrogens is 180 g/mol. The highest BCUT2D eigenvalue weighted by Crippen LogP contribution is 2.37. The molecule has 0 heterocycles. The third-order valence-corrected chi connectivity index (χ3v) is 2.89. The molecule has 1 aliphatic carbocycles. The quantitative estimate of drug-likeness (QED) is 0.680. The van der Waals surface area contributed by atoms with Gasteiger partial charge in [0.15, 0.2) is 0 Å². The van der Waals surface area contributed by atoms with Crippen LogP contribution in [0.15, 0.2) is 11.6 Å². The van der Waals surface area contributed by atoms with Gasteiger partial charge in [-0.1, -0.05) is 25.5 Å². The Hall–Kier alpha value is -0.830. The fourth-order valence-corrected chi connectivity index (χ4v) is 2.29. The van der Waals surface area contributed by atoms with Crippen LogP contribution in [0.4, 0.5) is 0 Å². The van der Waals surface area contributed by atoms with Crippen molar-refractivity contribution in [1.82, 2.24) is 0 Å². The first-order valence-corrected chi connectivity index (χ1v) is 5.00. The number of carboxylic acids is 1. The lowest BCUT2D eigenvalue weighted by atomic mass is 9.79. The smallest absolute Gasteiger partial charge is 0.310 e. The molecule has 0 aliphatic heterocycles. The van der Waals surface area contributed by atoms with Crippen LogP contribution in [-0.2, 0) is 4.79 Å². The Bertz CT molecular complexity index is 268. The topological polar surface area (TPSA) is 57.5 Å². The maximum absolute atomic E-state index is 11.1. The highest BCUT2D eigenvalue weighted by molar-refractivity contribution is 5.72. The van der Waals surface area contributed by atoms with Crippen molar-refractivity contribution in [2.24, 2.45) is 11.8 Å². The van der Waals surface area contributed by atoms with Crippen molar-refractivity contribution in [2.45, 2.75) is 39.2 Å². The Kier molecular flexibility index (Phi) is 3.00. The van der Waals surface area contributed by atoms with Gasteiger partial charge in [0, 0.05) is 0 Å². The molecule has 0 aromatic carbocycles. The van der Waals surface area contributed by atoms with Crippen molar-refractivity contribution in [3.05, 3.63) is 11.6 Å². The standard InChI is InChI=1S/C11H18O3/c1-7(2)9(10(12)13)11(14)5-4-8(3)6-11/h6-7,9,14H,4-5H2,1-3H3,(H,12,13). The van der Waals surface area contributed by atoms with Crippen LogP contribution >= 0.6 is 0 Å². The predicted molar refractivity (Wildman–Crippen MR) is 53.9 cm³/mol. The van der Waals surface area contributed by atoms with E-state index < -0.39 is 17.5 Å². The molecular formula is C11H18O3. The van der Waals surface area contributed by atoms with E-state index in [2.05, 4.69) is 0 Å². The van der Waals surface area contributed by atoms with Crippen LogP contribution in [0.25, 0.3) is 0 Å². The third-order valence-electron chi connectivity index (χ3n) is 2.89. The van der Waals surface area contributed by atoms with Gasteiger partial charge in [-0.05, 0) is 25.7 Å². The van der Waals surface area contributed by atoms with Crippen LogP contribution < -0.4 is 0 Å². The maximum Gasteiger partial charge on any atom is 0.310 e. The van der Waals surface area contributed by atoms with Crippen molar-refractivity contribution < 1.29 is 15.0 Å². The Morgan fingerprint density at radius 3 is 2.43 bits per heavy atom. The summed E-state index contributed by atoms with van der Waals surface area (Å²) in [5.41, 5.74) is -0.0521. The first kappa shape index (κ1) is 11.2. The van der Waals surface area contributed by atoms with Crippen molar-refractivity contribution in [1.29, 1.82) is 0 Å². The SMILES string of the molecule is CC1=CC(O)(C(C(=O)O)C(C)C)CC1. The molecule has 0 spiro atoms. The number of allylic oxidation sites excluding steroid dienone is 1. The van der Waals surface area contributed by atoms with Crippen molar-refractivity contribution in [3.8, 4) is 0 Å². The molecule has 0 saturated heterocycles. The van der Waals surface area contributed by atoms with E-state index in [0.717, 1.165) is 12.0 Å². The van der Waals surface area contributed by atoms with Gasteiger partial charge in [0.2, 0.25) is 0 Å². The summed E-state index contributed by atoms with van der Waals surface area (Å²) < 4.78 is 0. The third kappa shape index (κ3) is 1.98. The van der Waals surface area contributed by atoms with Crippen LogP contribution in [0.3, 0.4) is 0 Å². The molecule has 0 radical (unpaired) electrons. The van der Waals surface area contributed by atoms with Gasteiger partial charge in [0.1, 0.15) is 0 Å². The molecule has 2 atom stereocenters. The van der Waals surface area contributed by atoms with Crippen molar-refractivity contribution in [3.63, 3.8) is 0 Å². The minimum absolute atomic E-state index is 0.0559. The highest BCUT2D eigenvalue weighted by Gasteiger charge is 2.43. The molecule has 14 heavy (non-hydrogen) atoms. The van der Waals surface area contributed by atoms with Gasteiger partial charge in [-0.2, -0.15) is 0 Å². The molecule has 2 unspecified atom stereocenters. The molecule has 0 amide bonds. The Labute approximate surface area is 84.4 Å². The first-order chi connectivity index (χ1) is 6.37. The average molecular weight is 198 g/mol. The number of hydrogen-bond acceptors (Lipinski definition) is 2. The first-order valence-electron chi connectivity index (χ1n) is 5.00. The molecule has 2 N–H and O–H groups in total. The van der Waals surface area contributed by atoms with Crippen LogP contribution in [-0.4, -0.2) is 21.8 Å². The number of rotatable bonds is 3. The van der Waals surface area contributed by atoms with Gasteiger partial charge >= 0.3 is 5.97 Å². The van der Waals surface area contributed by atoms with Gasteiger partial charge < -0.3 is 10.2 Å². The zero-order valence-corrected chi connectivity index (χ0v) is 8.95. The van der Waals surface area contributed by atoms with E-state index in [4.69, 9.17) is 5.11 Å². The van der Waals surface area contributed by atoms with E-state index in [1.807, 2.05) is 20.8 Å². The molecule has 80 valence electrons. The van der Waals surface area contributed by atoms with Crippen molar-refractivity contribution in [2.75, 3.05) is 0 Å². The molecule has 0 saturated carbocycles. The zero-order valence-electron chi connectivity index (χ0n) is 8.95. The van der Waals surface area contributed by atoms with Gasteiger partial charge in [-0.25, -0.2) is 0 Å². The molecule has 1 aliphatic rings. The summed E-state index contributed by atoms with van der Waals surface area (Å²) in [6, 6.07) is 0. The number of aliphatic carboxylic acids is 1. The lowest BCUT2D eigenvalue weighted by Crippen LogP contribution is -2.42. The Morgan fingerprint density at radius 1 is 1.57 bits per heavy atom. The van der Waals surface area contributed by atoms with E-state index in [9.17, 15) is 9.90 Å². The van der Waals surface area contributed by atoms with Gasteiger partial charge in [-0.3, -0.25) is 4.79 Å². The fraction of sp³-hybridized carbons (Fsp3) is 0.727. The number of carboxylic acid groups (broad SMARTS) is 1. The molecule has 0 fully saturated rings. The second-order valence-corrected chi connectivity index (χ2v) is 4.54. The van der Waals surface area contributed by atoms with Gasteiger partial charge in [0.25, 0.3) is 0 Å². The van der Waals surface area contributed by atoms with Crippen LogP contribution in [0.1, 0.15) is 33.6 Å². The largest absolute Gasteiger partial charge is 0.481 e. The Balaban J connectivity index is 2.94. The number of carbonyl (C=O) groups is 1. The summed E-state index contributed by atoms with van der Waals surface area (Å²) >= 11 is 0. The van der Waals surface area contributed by atoms with E-state index in [-0.39, 0.29) is 5.92 Å². The normalized spacial score (nSPS) is 29.1. The van der Waals surface area contributed by atoms with E-state index in [0.29, 0.717) is 6.42 Å². The second-order valence-electron chi connectivity index (χ2n) is 4.54. The van der Waals surface area contributed by atoms with E-state index in [1.165, 1.54) is 0 Å². The van der Waals surface area contributed by atoms with E-state index >= 15 is 0 Å². The molecule has 0 aromatic heterocycles. The summed E-state index contributed by atoms with van der Waals surface area (Å²) in [6.07, 6.45) is 3.05. The van der Waals surface area contributed by atoms with E-state index in [1.54, 1.807) is 6.08 Å². The lowest BCUT2D eigenvalue weighted by molar-refractivity contribution is -0.152. The van der Waals surface area contributed by atoms with Crippen LogP contribution in [0.5, 0.6) is 0 Å². The van der Waals surface area contributed by atoms with Crippen LogP contribution in [0, 0.1) is 11.8 Å².